The molecule has 0 aliphatic heterocycles. The number of aromatic nitrogens is 2. The van der Waals surface area contributed by atoms with Gasteiger partial charge in [-0.2, -0.15) is 0 Å². The van der Waals surface area contributed by atoms with Crippen molar-refractivity contribution in [1.29, 1.82) is 0 Å². The van der Waals surface area contributed by atoms with Crippen LogP contribution in [-0.4, -0.2) is 9.55 Å². The van der Waals surface area contributed by atoms with Gasteiger partial charge in [-0.3, -0.25) is 0 Å². The van der Waals surface area contributed by atoms with Crippen LogP contribution in [0, 0.1) is 0 Å². The zero-order chi connectivity index (χ0) is 22.4. The lowest BCUT2D eigenvalue weighted by Crippen LogP contribution is -2.28. The van der Waals surface area contributed by atoms with Crippen molar-refractivity contribution < 1.29 is 0 Å². The lowest BCUT2D eigenvalue weighted by Gasteiger charge is -2.07. The number of allylic oxidation sites excluding steroid dienone is 1. The van der Waals surface area contributed by atoms with Gasteiger partial charge in [0, 0.05) is 38.1 Å². The Morgan fingerprint density at radius 3 is 2.27 bits per heavy atom. The van der Waals surface area contributed by atoms with Crippen LogP contribution in [0.3, 0.4) is 0 Å². The molecule has 0 saturated heterocycles. The SMILES string of the molecule is C=C(/C=c1\c(=C/C)c2ccccc2n1-c1ccccc1)c1ccc2[nH]c3ccccc3c2c1. The van der Waals surface area contributed by atoms with Gasteiger partial charge in [-0.15, -0.1) is 0 Å². The first-order chi connectivity index (χ1) is 16.2. The molecule has 0 aliphatic rings. The van der Waals surface area contributed by atoms with Crippen LogP contribution in [0.15, 0.2) is 104 Å². The van der Waals surface area contributed by atoms with E-state index in [9.17, 15) is 0 Å². The summed E-state index contributed by atoms with van der Waals surface area (Å²) in [6.07, 6.45) is 4.42. The summed E-state index contributed by atoms with van der Waals surface area (Å²) in [5, 5.41) is 6.08. The maximum absolute atomic E-state index is 4.48. The standard InChI is InChI=1S/C31H24N2/c1-3-24-26-14-8-10-16-30(26)33(23-11-5-4-6-12-23)31(24)19-21(2)22-17-18-29-27(20-22)25-13-7-9-15-28(25)32-29/h3-20,32H,2H2,1H3/b24-3-,31-19+. The van der Waals surface area contributed by atoms with Crippen LogP contribution >= 0.6 is 0 Å². The highest BCUT2D eigenvalue weighted by molar-refractivity contribution is 6.08. The van der Waals surface area contributed by atoms with Gasteiger partial charge in [-0.05, 0) is 60.5 Å². The number of nitrogens with zero attached hydrogens (tertiary/aromatic N) is 1. The smallest absolute Gasteiger partial charge is 0.0543 e. The molecule has 0 bridgehead atoms. The van der Waals surface area contributed by atoms with Crippen molar-refractivity contribution >= 4 is 50.4 Å². The summed E-state index contributed by atoms with van der Waals surface area (Å²) in [7, 11) is 0. The summed E-state index contributed by atoms with van der Waals surface area (Å²) >= 11 is 0. The molecular formula is C31H24N2. The van der Waals surface area contributed by atoms with Gasteiger partial charge in [0.2, 0.25) is 0 Å². The van der Waals surface area contributed by atoms with E-state index in [1.54, 1.807) is 0 Å². The number of fused-ring (bicyclic) bond motifs is 4. The highest BCUT2D eigenvalue weighted by atomic mass is 15.0. The Bertz CT molecular complexity index is 1780. The molecule has 0 amide bonds. The number of rotatable bonds is 3. The van der Waals surface area contributed by atoms with Gasteiger partial charge >= 0.3 is 0 Å². The highest BCUT2D eigenvalue weighted by Gasteiger charge is 2.10. The van der Waals surface area contributed by atoms with Crippen molar-refractivity contribution in [2.75, 3.05) is 0 Å². The molecule has 0 radical (unpaired) electrons. The first kappa shape index (κ1) is 19.4. The van der Waals surface area contributed by atoms with E-state index < -0.39 is 0 Å². The molecule has 1 N–H and O–H groups in total. The number of H-pyrrole nitrogens is 1. The number of para-hydroxylation sites is 3. The predicted octanol–water partition coefficient (Wildman–Crippen LogP) is 6.56. The van der Waals surface area contributed by atoms with E-state index in [4.69, 9.17) is 0 Å². The molecule has 158 valence electrons. The van der Waals surface area contributed by atoms with Crippen LogP contribution in [0.5, 0.6) is 0 Å². The minimum atomic E-state index is 0.991. The summed E-state index contributed by atoms with van der Waals surface area (Å²) in [5.41, 5.74) is 6.76. The molecule has 2 aromatic heterocycles. The van der Waals surface area contributed by atoms with Gasteiger partial charge in [0.15, 0.2) is 0 Å². The second-order valence-electron chi connectivity index (χ2n) is 8.38. The lowest BCUT2D eigenvalue weighted by atomic mass is 10.0. The van der Waals surface area contributed by atoms with Gasteiger partial charge in [0.1, 0.15) is 0 Å². The lowest BCUT2D eigenvalue weighted by molar-refractivity contribution is 1.07. The average molecular weight is 425 g/mol. The van der Waals surface area contributed by atoms with Crippen LogP contribution in [0.4, 0.5) is 0 Å². The molecule has 2 nitrogen and oxygen atoms in total. The van der Waals surface area contributed by atoms with Crippen LogP contribution in [0.25, 0.3) is 56.1 Å². The number of hydrogen-bond donors (Lipinski definition) is 1. The Hall–Kier alpha value is -4.30. The van der Waals surface area contributed by atoms with E-state index in [0.717, 1.165) is 33.2 Å². The summed E-state index contributed by atoms with van der Waals surface area (Å²) in [6.45, 7) is 6.59. The Morgan fingerprint density at radius 2 is 1.45 bits per heavy atom. The number of aromatic amines is 1. The van der Waals surface area contributed by atoms with Crippen LogP contribution in [-0.2, 0) is 0 Å². The molecule has 0 spiro atoms. The summed E-state index contributed by atoms with van der Waals surface area (Å²) in [5.74, 6) is 0. The Morgan fingerprint density at radius 1 is 0.758 bits per heavy atom. The molecule has 6 rings (SSSR count). The van der Waals surface area contributed by atoms with Crippen LogP contribution in [0.1, 0.15) is 12.5 Å². The quantitative estimate of drug-likeness (QED) is 0.332. The zero-order valence-electron chi connectivity index (χ0n) is 18.5. The fraction of sp³-hybridized carbons (Fsp3) is 0.0323. The zero-order valence-corrected chi connectivity index (χ0v) is 18.5. The van der Waals surface area contributed by atoms with Gasteiger partial charge in [0.25, 0.3) is 0 Å². The van der Waals surface area contributed by atoms with E-state index >= 15 is 0 Å². The van der Waals surface area contributed by atoms with Crippen LogP contribution < -0.4 is 10.6 Å². The fourth-order valence-electron chi connectivity index (χ4n) is 4.88. The Kier molecular flexibility index (Phi) is 4.51. The molecule has 0 unspecified atom stereocenters. The third kappa shape index (κ3) is 3.11. The molecule has 0 aliphatic carbocycles. The first-order valence-electron chi connectivity index (χ1n) is 11.3. The number of nitrogens with one attached hydrogen (secondary N) is 1. The maximum atomic E-state index is 4.48. The van der Waals surface area contributed by atoms with Crippen molar-refractivity contribution in [3.63, 3.8) is 0 Å². The van der Waals surface area contributed by atoms with Crippen LogP contribution in [0.2, 0.25) is 0 Å². The van der Waals surface area contributed by atoms with E-state index in [0.29, 0.717) is 0 Å². The predicted molar refractivity (Wildman–Crippen MR) is 142 cm³/mol. The number of benzene rings is 4. The van der Waals surface area contributed by atoms with Crippen molar-refractivity contribution in [1.82, 2.24) is 9.55 Å². The number of hydrogen-bond acceptors (Lipinski definition) is 0. The second kappa shape index (κ2) is 7.68. The molecule has 6 aromatic rings. The monoisotopic (exact) mass is 424 g/mol. The first-order valence-corrected chi connectivity index (χ1v) is 11.3. The highest BCUT2D eigenvalue weighted by Crippen LogP contribution is 2.28. The fourth-order valence-corrected chi connectivity index (χ4v) is 4.88. The molecule has 0 saturated carbocycles. The molecule has 0 fully saturated rings. The van der Waals surface area contributed by atoms with Crippen molar-refractivity contribution in [2.45, 2.75) is 6.92 Å². The third-order valence-electron chi connectivity index (χ3n) is 6.44. The molecule has 2 heterocycles. The van der Waals surface area contributed by atoms with Crippen molar-refractivity contribution in [2.24, 2.45) is 0 Å². The van der Waals surface area contributed by atoms with Crippen molar-refractivity contribution in [3.8, 4) is 5.69 Å². The van der Waals surface area contributed by atoms with E-state index in [2.05, 4.69) is 132 Å². The maximum Gasteiger partial charge on any atom is 0.0543 e. The normalized spacial score (nSPS) is 12.9. The second-order valence-corrected chi connectivity index (χ2v) is 8.38. The topological polar surface area (TPSA) is 20.7 Å². The Labute approximate surface area is 192 Å². The molecule has 0 atom stereocenters. The summed E-state index contributed by atoms with van der Waals surface area (Å²) < 4.78 is 2.33. The molecular weight excluding hydrogens is 400 g/mol. The van der Waals surface area contributed by atoms with Gasteiger partial charge in [0.05, 0.1) is 10.9 Å². The third-order valence-corrected chi connectivity index (χ3v) is 6.44. The van der Waals surface area contributed by atoms with E-state index in [1.807, 2.05) is 0 Å². The minimum Gasteiger partial charge on any atom is -0.355 e. The molecule has 4 aromatic carbocycles. The van der Waals surface area contributed by atoms with Gasteiger partial charge in [-0.1, -0.05) is 73.3 Å². The van der Waals surface area contributed by atoms with E-state index in [-0.39, 0.29) is 0 Å². The largest absolute Gasteiger partial charge is 0.355 e. The average Bonchev–Trinajstić information content (AvgIpc) is 3.39. The molecule has 33 heavy (non-hydrogen) atoms. The summed E-state index contributed by atoms with van der Waals surface area (Å²) in [6, 6.07) is 34.1. The minimum absolute atomic E-state index is 0.991. The summed E-state index contributed by atoms with van der Waals surface area (Å²) in [4.78, 5) is 3.51. The van der Waals surface area contributed by atoms with Gasteiger partial charge in [-0.25, -0.2) is 0 Å². The Balaban J connectivity index is 1.61. The van der Waals surface area contributed by atoms with Crippen molar-refractivity contribution in [3.05, 3.63) is 120 Å². The van der Waals surface area contributed by atoms with E-state index in [1.165, 1.54) is 26.9 Å². The molecule has 2 heteroatoms. The van der Waals surface area contributed by atoms with Gasteiger partial charge < -0.3 is 9.55 Å².